The molecule has 1 atom stereocenters. The van der Waals surface area contributed by atoms with Gasteiger partial charge in [-0.15, -0.1) is 0 Å². The van der Waals surface area contributed by atoms with Crippen LogP contribution in [-0.2, 0) is 10.0 Å². The predicted molar refractivity (Wildman–Crippen MR) is 80.9 cm³/mol. The molecule has 5 nitrogen and oxygen atoms in total. The number of nitrogen functional groups attached to an aromatic ring is 1. The van der Waals surface area contributed by atoms with Crippen LogP contribution in [0, 0.1) is 0 Å². The van der Waals surface area contributed by atoms with Crippen molar-refractivity contribution in [2.45, 2.75) is 30.7 Å². The fourth-order valence-corrected chi connectivity index (χ4v) is 4.46. The van der Waals surface area contributed by atoms with E-state index in [1.165, 1.54) is 6.07 Å². The largest absolute Gasteiger partial charge is 0.399 e. The first-order valence-electron chi connectivity index (χ1n) is 7.01. The average Bonchev–Trinajstić information content (AvgIpc) is 2.60. The van der Waals surface area contributed by atoms with Crippen LogP contribution in [0.3, 0.4) is 0 Å². The molecule has 1 aromatic rings. The third kappa shape index (κ3) is 3.13. The quantitative estimate of drug-likeness (QED) is 0.856. The number of nitrogens with zero attached hydrogens (tertiary/aromatic N) is 2. The van der Waals surface area contributed by atoms with Crippen LogP contribution in [0.4, 0.5) is 5.69 Å². The minimum Gasteiger partial charge on any atom is -0.399 e. The van der Waals surface area contributed by atoms with Crippen molar-refractivity contribution in [3.63, 3.8) is 0 Å². The third-order valence-electron chi connectivity index (χ3n) is 3.78. The van der Waals surface area contributed by atoms with E-state index in [1.807, 2.05) is 14.0 Å². The first kappa shape index (κ1) is 15.3. The van der Waals surface area contributed by atoms with Gasteiger partial charge in [-0.2, -0.15) is 4.31 Å². The number of rotatable bonds is 3. The Morgan fingerprint density at radius 2 is 2.10 bits per heavy atom. The molecule has 0 saturated carbocycles. The first-order valence-corrected chi connectivity index (χ1v) is 8.45. The molecule has 1 aliphatic heterocycles. The molecule has 1 heterocycles. The van der Waals surface area contributed by atoms with E-state index in [9.17, 15) is 8.42 Å². The number of benzene rings is 1. The monoisotopic (exact) mass is 297 g/mol. The lowest BCUT2D eigenvalue weighted by Crippen LogP contribution is -2.43. The van der Waals surface area contributed by atoms with E-state index >= 15 is 0 Å². The van der Waals surface area contributed by atoms with Gasteiger partial charge in [0.2, 0.25) is 10.0 Å². The van der Waals surface area contributed by atoms with Crippen molar-refractivity contribution in [1.29, 1.82) is 0 Å². The molecule has 0 spiro atoms. The summed E-state index contributed by atoms with van der Waals surface area (Å²) >= 11 is 0. The Hall–Kier alpha value is -1.11. The highest BCUT2D eigenvalue weighted by Crippen LogP contribution is 2.23. The molecule has 2 rings (SSSR count). The second-order valence-electron chi connectivity index (χ2n) is 5.37. The summed E-state index contributed by atoms with van der Waals surface area (Å²) in [5, 5.41) is 0. The maximum Gasteiger partial charge on any atom is 0.243 e. The minimum absolute atomic E-state index is 0.0222. The molecule has 6 heteroatoms. The molecule has 0 radical (unpaired) electrons. The Balaban J connectivity index is 2.36. The van der Waals surface area contributed by atoms with Gasteiger partial charge in [-0.1, -0.05) is 13.0 Å². The molecule has 20 heavy (non-hydrogen) atoms. The van der Waals surface area contributed by atoms with Crippen molar-refractivity contribution >= 4 is 15.7 Å². The van der Waals surface area contributed by atoms with E-state index in [1.54, 1.807) is 22.5 Å². The van der Waals surface area contributed by atoms with Gasteiger partial charge in [0.1, 0.15) is 0 Å². The topological polar surface area (TPSA) is 66.6 Å². The molecule has 2 N–H and O–H groups in total. The summed E-state index contributed by atoms with van der Waals surface area (Å²) in [5.74, 6) is 0. The average molecular weight is 297 g/mol. The van der Waals surface area contributed by atoms with Crippen molar-refractivity contribution < 1.29 is 8.42 Å². The minimum atomic E-state index is -3.47. The lowest BCUT2D eigenvalue weighted by molar-refractivity contribution is 0.270. The van der Waals surface area contributed by atoms with E-state index in [2.05, 4.69) is 4.90 Å². The Kier molecular flexibility index (Phi) is 4.67. The molecule has 1 aromatic carbocycles. The lowest BCUT2D eigenvalue weighted by Gasteiger charge is -2.29. The van der Waals surface area contributed by atoms with Gasteiger partial charge in [0.25, 0.3) is 0 Å². The van der Waals surface area contributed by atoms with Gasteiger partial charge in [-0.25, -0.2) is 8.42 Å². The lowest BCUT2D eigenvalue weighted by atomic mass is 10.2. The highest BCUT2D eigenvalue weighted by atomic mass is 32.2. The van der Waals surface area contributed by atoms with Crippen molar-refractivity contribution in [2.75, 3.05) is 32.4 Å². The molecule has 1 aliphatic rings. The van der Waals surface area contributed by atoms with Crippen molar-refractivity contribution in [3.8, 4) is 0 Å². The van der Waals surface area contributed by atoms with Gasteiger partial charge in [0.15, 0.2) is 0 Å². The van der Waals surface area contributed by atoms with Crippen LogP contribution in [0.25, 0.3) is 0 Å². The zero-order valence-electron chi connectivity index (χ0n) is 12.1. The van der Waals surface area contributed by atoms with Crippen LogP contribution >= 0.6 is 0 Å². The fourth-order valence-electron chi connectivity index (χ4n) is 2.68. The Labute approximate surface area is 121 Å². The standard InChI is InChI=1S/C14H23N3O2S/c1-3-13-11-16(2)8-5-9-17(13)20(18,19)14-7-4-6-12(15)10-14/h4,6-7,10,13H,3,5,8-9,11,15H2,1-2H3. The Morgan fingerprint density at radius 1 is 1.35 bits per heavy atom. The van der Waals surface area contributed by atoms with Gasteiger partial charge < -0.3 is 10.6 Å². The molecule has 0 bridgehead atoms. The van der Waals surface area contributed by atoms with Crippen molar-refractivity contribution in [3.05, 3.63) is 24.3 Å². The summed E-state index contributed by atoms with van der Waals surface area (Å²) in [7, 11) is -1.42. The molecule has 1 unspecified atom stereocenters. The van der Waals surface area contributed by atoms with Gasteiger partial charge in [0, 0.05) is 24.8 Å². The van der Waals surface area contributed by atoms with Crippen LogP contribution < -0.4 is 5.73 Å². The summed E-state index contributed by atoms with van der Waals surface area (Å²) < 4.78 is 27.3. The van der Waals surface area contributed by atoms with E-state index in [0.717, 1.165) is 25.9 Å². The number of sulfonamides is 1. The predicted octanol–water partition coefficient (Wildman–Crippen LogP) is 1.37. The van der Waals surface area contributed by atoms with E-state index in [0.29, 0.717) is 17.1 Å². The number of anilines is 1. The highest BCUT2D eigenvalue weighted by Gasteiger charge is 2.32. The fraction of sp³-hybridized carbons (Fsp3) is 0.571. The van der Waals surface area contributed by atoms with Gasteiger partial charge in [-0.05, 0) is 44.6 Å². The Morgan fingerprint density at radius 3 is 2.75 bits per heavy atom. The maximum absolute atomic E-state index is 12.8. The normalized spacial score (nSPS) is 22.6. The smallest absolute Gasteiger partial charge is 0.243 e. The zero-order valence-corrected chi connectivity index (χ0v) is 12.9. The second-order valence-corrected chi connectivity index (χ2v) is 7.26. The summed E-state index contributed by atoms with van der Waals surface area (Å²) in [6, 6.07) is 6.57. The maximum atomic E-state index is 12.8. The van der Waals surface area contributed by atoms with Crippen molar-refractivity contribution in [2.24, 2.45) is 0 Å². The van der Waals surface area contributed by atoms with Crippen molar-refractivity contribution in [1.82, 2.24) is 9.21 Å². The SMILES string of the molecule is CCC1CN(C)CCCN1S(=O)(=O)c1cccc(N)c1. The third-order valence-corrected chi connectivity index (χ3v) is 5.73. The van der Waals surface area contributed by atoms with Gasteiger partial charge in [-0.3, -0.25) is 0 Å². The van der Waals surface area contributed by atoms with E-state index in [-0.39, 0.29) is 6.04 Å². The summed E-state index contributed by atoms with van der Waals surface area (Å²) in [6.07, 6.45) is 1.67. The summed E-state index contributed by atoms with van der Waals surface area (Å²) in [6.45, 7) is 4.31. The molecule has 0 aromatic heterocycles. The van der Waals surface area contributed by atoms with Crippen LogP contribution in [0.5, 0.6) is 0 Å². The van der Waals surface area contributed by atoms with E-state index < -0.39 is 10.0 Å². The number of hydrogen-bond acceptors (Lipinski definition) is 4. The van der Waals surface area contributed by atoms with Crippen LogP contribution in [0.15, 0.2) is 29.2 Å². The van der Waals surface area contributed by atoms with Crippen LogP contribution in [0.2, 0.25) is 0 Å². The zero-order chi connectivity index (χ0) is 14.8. The number of hydrogen-bond donors (Lipinski definition) is 1. The molecule has 1 saturated heterocycles. The van der Waals surface area contributed by atoms with E-state index in [4.69, 9.17) is 5.73 Å². The van der Waals surface area contributed by atoms with Gasteiger partial charge in [0.05, 0.1) is 4.90 Å². The van der Waals surface area contributed by atoms with Gasteiger partial charge >= 0.3 is 0 Å². The molecular formula is C14H23N3O2S. The highest BCUT2D eigenvalue weighted by molar-refractivity contribution is 7.89. The number of nitrogens with two attached hydrogens (primary N) is 1. The Bertz CT molecular complexity index is 559. The molecule has 1 fully saturated rings. The molecular weight excluding hydrogens is 274 g/mol. The molecule has 112 valence electrons. The van der Waals surface area contributed by atoms with Crippen LogP contribution in [-0.4, -0.2) is 50.3 Å². The molecule has 0 amide bonds. The first-order chi connectivity index (χ1) is 9.45. The molecule has 0 aliphatic carbocycles. The van der Waals surface area contributed by atoms with Crippen LogP contribution in [0.1, 0.15) is 19.8 Å². The summed E-state index contributed by atoms with van der Waals surface area (Å²) in [4.78, 5) is 2.49. The summed E-state index contributed by atoms with van der Waals surface area (Å²) in [5.41, 5.74) is 6.19. The second kappa shape index (κ2) is 6.11. The number of likely N-dealkylation sites (N-methyl/N-ethyl adjacent to an activating group) is 1.